The van der Waals surface area contributed by atoms with E-state index in [2.05, 4.69) is 16.9 Å². The Morgan fingerprint density at radius 2 is 1.91 bits per heavy atom. The highest BCUT2D eigenvalue weighted by molar-refractivity contribution is 5.82. The van der Waals surface area contributed by atoms with Crippen LogP contribution in [0.2, 0.25) is 0 Å². The van der Waals surface area contributed by atoms with Crippen LogP contribution < -0.4 is 5.43 Å². The number of aromatic amines is 1. The van der Waals surface area contributed by atoms with Crippen molar-refractivity contribution in [3.05, 3.63) is 45.2 Å². The van der Waals surface area contributed by atoms with E-state index in [-0.39, 0.29) is 5.43 Å². The fourth-order valence-corrected chi connectivity index (χ4v) is 3.71. The van der Waals surface area contributed by atoms with Crippen LogP contribution in [0.25, 0.3) is 10.9 Å². The molecular weight excluding hydrogens is 272 g/mol. The van der Waals surface area contributed by atoms with Crippen LogP contribution in [0.1, 0.15) is 48.9 Å². The predicted octanol–water partition coefficient (Wildman–Crippen LogP) is 3.91. The number of rotatable bonds is 3. The zero-order chi connectivity index (χ0) is 15.7. The maximum Gasteiger partial charge on any atom is 0.194 e. The number of H-pyrrole nitrogens is 1. The van der Waals surface area contributed by atoms with Gasteiger partial charge in [0.2, 0.25) is 0 Å². The second-order valence-corrected chi connectivity index (χ2v) is 6.76. The molecule has 0 aliphatic heterocycles. The molecule has 1 aromatic heterocycles. The van der Waals surface area contributed by atoms with Gasteiger partial charge in [-0.15, -0.1) is 0 Å². The van der Waals surface area contributed by atoms with Crippen LogP contribution in [0.3, 0.4) is 0 Å². The quantitative estimate of drug-likeness (QED) is 0.932. The first-order chi connectivity index (χ1) is 10.6. The maximum atomic E-state index is 12.9. The van der Waals surface area contributed by atoms with Crippen LogP contribution in [-0.4, -0.2) is 23.0 Å². The van der Waals surface area contributed by atoms with Gasteiger partial charge >= 0.3 is 0 Å². The highest BCUT2D eigenvalue weighted by Crippen LogP contribution is 2.23. The number of hydrogen-bond donors (Lipinski definition) is 1. The van der Waals surface area contributed by atoms with Gasteiger partial charge in [-0.3, -0.25) is 9.69 Å². The van der Waals surface area contributed by atoms with E-state index >= 15 is 0 Å². The first-order valence-corrected chi connectivity index (χ1v) is 8.39. The van der Waals surface area contributed by atoms with Crippen molar-refractivity contribution in [1.82, 2.24) is 9.88 Å². The minimum absolute atomic E-state index is 0.192. The molecule has 1 saturated carbocycles. The van der Waals surface area contributed by atoms with Crippen LogP contribution in [0.5, 0.6) is 0 Å². The van der Waals surface area contributed by atoms with Crippen molar-refractivity contribution in [3.8, 4) is 0 Å². The van der Waals surface area contributed by atoms with Gasteiger partial charge in [0.25, 0.3) is 0 Å². The Balaban J connectivity index is 1.95. The molecule has 3 rings (SSSR count). The molecule has 3 heteroatoms. The zero-order valence-electron chi connectivity index (χ0n) is 13.9. The van der Waals surface area contributed by atoms with Gasteiger partial charge in [0.1, 0.15) is 0 Å². The van der Waals surface area contributed by atoms with Gasteiger partial charge in [-0.1, -0.05) is 31.4 Å². The number of nitrogens with one attached hydrogen (secondary N) is 1. The molecule has 0 saturated heterocycles. The normalized spacial score (nSPS) is 16.5. The standard InChI is InChI=1S/C19H26N2O/c1-13-8-7-11-16-18(13)20-14(2)17(19(16)22)12-21(3)15-9-5-4-6-10-15/h7-8,11,15H,4-6,9-10,12H2,1-3H3,(H,20,22). The molecule has 1 aromatic carbocycles. The molecule has 0 atom stereocenters. The molecule has 0 unspecified atom stereocenters. The lowest BCUT2D eigenvalue weighted by molar-refractivity contribution is 0.184. The average molecular weight is 298 g/mol. The van der Waals surface area contributed by atoms with Gasteiger partial charge in [-0.25, -0.2) is 0 Å². The molecule has 2 aromatic rings. The van der Waals surface area contributed by atoms with E-state index in [0.29, 0.717) is 6.04 Å². The Morgan fingerprint density at radius 3 is 2.64 bits per heavy atom. The lowest BCUT2D eigenvalue weighted by Crippen LogP contribution is -2.34. The van der Waals surface area contributed by atoms with Gasteiger partial charge < -0.3 is 4.98 Å². The molecule has 1 aliphatic rings. The fourth-order valence-electron chi connectivity index (χ4n) is 3.71. The first-order valence-electron chi connectivity index (χ1n) is 8.39. The second kappa shape index (κ2) is 6.25. The van der Waals surface area contributed by atoms with Crippen molar-refractivity contribution in [2.45, 2.75) is 58.5 Å². The monoisotopic (exact) mass is 298 g/mol. The third-order valence-corrected chi connectivity index (χ3v) is 5.16. The number of aryl methyl sites for hydroxylation is 2. The van der Waals surface area contributed by atoms with Crippen LogP contribution in [-0.2, 0) is 6.54 Å². The van der Waals surface area contributed by atoms with Crippen LogP contribution in [0.15, 0.2) is 23.0 Å². The molecule has 0 spiro atoms. The van der Waals surface area contributed by atoms with E-state index in [1.54, 1.807) is 0 Å². The van der Waals surface area contributed by atoms with Crippen molar-refractivity contribution >= 4 is 10.9 Å². The summed E-state index contributed by atoms with van der Waals surface area (Å²) in [5.41, 5.74) is 4.23. The summed E-state index contributed by atoms with van der Waals surface area (Å²) in [6.45, 7) is 4.82. The van der Waals surface area contributed by atoms with E-state index in [0.717, 1.165) is 34.3 Å². The lowest BCUT2D eigenvalue weighted by Gasteiger charge is -2.31. The SMILES string of the molecule is Cc1[nH]c2c(C)cccc2c(=O)c1CN(C)C1CCCCC1. The number of hydrogen-bond acceptors (Lipinski definition) is 2. The summed E-state index contributed by atoms with van der Waals surface area (Å²) in [7, 11) is 2.16. The first kappa shape index (κ1) is 15.3. The van der Waals surface area contributed by atoms with Crippen molar-refractivity contribution < 1.29 is 0 Å². The van der Waals surface area contributed by atoms with E-state index in [1.807, 2.05) is 32.0 Å². The Kier molecular flexibility index (Phi) is 4.34. The summed E-state index contributed by atoms with van der Waals surface area (Å²) in [4.78, 5) is 18.7. The molecule has 1 heterocycles. The second-order valence-electron chi connectivity index (χ2n) is 6.76. The number of para-hydroxylation sites is 1. The van der Waals surface area contributed by atoms with Gasteiger partial charge in [-0.05, 0) is 45.4 Å². The van der Waals surface area contributed by atoms with Crippen molar-refractivity contribution in [2.24, 2.45) is 0 Å². The number of benzene rings is 1. The van der Waals surface area contributed by atoms with E-state index in [9.17, 15) is 4.79 Å². The molecule has 22 heavy (non-hydrogen) atoms. The number of aromatic nitrogens is 1. The zero-order valence-corrected chi connectivity index (χ0v) is 13.9. The van der Waals surface area contributed by atoms with Gasteiger partial charge in [-0.2, -0.15) is 0 Å². The van der Waals surface area contributed by atoms with Crippen molar-refractivity contribution in [1.29, 1.82) is 0 Å². The average Bonchev–Trinajstić information content (AvgIpc) is 2.53. The molecule has 118 valence electrons. The predicted molar refractivity (Wildman–Crippen MR) is 92.4 cm³/mol. The Labute approximate surface area is 132 Å². The summed E-state index contributed by atoms with van der Waals surface area (Å²) in [5.74, 6) is 0. The van der Waals surface area contributed by atoms with Crippen molar-refractivity contribution in [3.63, 3.8) is 0 Å². The summed E-state index contributed by atoms with van der Waals surface area (Å²) < 4.78 is 0. The smallest absolute Gasteiger partial charge is 0.194 e. The summed E-state index contributed by atoms with van der Waals surface area (Å²) in [5, 5.41) is 0.817. The molecule has 3 nitrogen and oxygen atoms in total. The Hall–Kier alpha value is -1.61. The fraction of sp³-hybridized carbons (Fsp3) is 0.526. The highest BCUT2D eigenvalue weighted by atomic mass is 16.1. The topological polar surface area (TPSA) is 36.1 Å². The van der Waals surface area contributed by atoms with Gasteiger partial charge in [0.15, 0.2) is 5.43 Å². The minimum Gasteiger partial charge on any atom is -0.358 e. The van der Waals surface area contributed by atoms with Gasteiger partial charge in [0.05, 0.1) is 5.52 Å². The third-order valence-electron chi connectivity index (χ3n) is 5.16. The molecule has 1 fully saturated rings. The van der Waals surface area contributed by atoms with Crippen molar-refractivity contribution in [2.75, 3.05) is 7.05 Å². The minimum atomic E-state index is 0.192. The van der Waals surface area contributed by atoms with Crippen LogP contribution in [0.4, 0.5) is 0 Å². The van der Waals surface area contributed by atoms with E-state index in [4.69, 9.17) is 0 Å². The third kappa shape index (κ3) is 2.82. The molecule has 1 aliphatic carbocycles. The maximum absolute atomic E-state index is 12.9. The van der Waals surface area contributed by atoms with Crippen LogP contribution >= 0.6 is 0 Å². The molecule has 1 N–H and O–H groups in total. The number of pyridine rings is 1. The number of fused-ring (bicyclic) bond motifs is 1. The number of nitrogens with zero attached hydrogens (tertiary/aromatic N) is 1. The van der Waals surface area contributed by atoms with E-state index in [1.165, 1.54) is 32.1 Å². The molecule has 0 amide bonds. The molecular formula is C19H26N2O. The highest BCUT2D eigenvalue weighted by Gasteiger charge is 2.20. The lowest BCUT2D eigenvalue weighted by atomic mass is 9.94. The van der Waals surface area contributed by atoms with E-state index < -0.39 is 0 Å². The largest absolute Gasteiger partial charge is 0.358 e. The Morgan fingerprint density at radius 1 is 1.18 bits per heavy atom. The van der Waals surface area contributed by atoms with Gasteiger partial charge in [0, 0.05) is 29.2 Å². The summed E-state index contributed by atoms with van der Waals surface area (Å²) in [6, 6.07) is 6.58. The Bertz CT molecular complexity index is 726. The summed E-state index contributed by atoms with van der Waals surface area (Å²) in [6.07, 6.45) is 6.53. The van der Waals surface area contributed by atoms with Crippen LogP contribution in [0, 0.1) is 13.8 Å². The molecule has 0 bridgehead atoms. The molecule has 0 radical (unpaired) electrons. The summed E-state index contributed by atoms with van der Waals surface area (Å²) >= 11 is 0.